The maximum Gasteiger partial charge on any atom is 0.150 e. The Morgan fingerprint density at radius 2 is 1.90 bits per heavy atom. The molecule has 2 fully saturated rings. The summed E-state index contributed by atoms with van der Waals surface area (Å²) in [6.07, 6.45) is 3.40. The summed E-state index contributed by atoms with van der Waals surface area (Å²) in [6, 6.07) is 5.53. The average molecular weight is 273 g/mol. The van der Waals surface area contributed by atoms with Crippen molar-refractivity contribution in [2.75, 3.05) is 0 Å². The molecule has 2 saturated carbocycles. The Bertz CT molecular complexity index is 563. The fraction of sp³-hybridized carbons (Fsp3) is 0.500. The summed E-state index contributed by atoms with van der Waals surface area (Å²) >= 11 is 0. The van der Waals surface area contributed by atoms with Gasteiger partial charge in [0.2, 0.25) is 0 Å². The predicted octanol–water partition coefficient (Wildman–Crippen LogP) is 2.47. The van der Waals surface area contributed by atoms with Crippen LogP contribution >= 0.6 is 0 Å². The van der Waals surface area contributed by atoms with Crippen LogP contribution in [0.25, 0.3) is 0 Å². The van der Waals surface area contributed by atoms with Gasteiger partial charge >= 0.3 is 0 Å². The molecule has 0 radical (unpaired) electrons. The fourth-order valence-electron chi connectivity index (χ4n) is 3.06. The van der Waals surface area contributed by atoms with Gasteiger partial charge in [0.1, 0.15) is 17.5 Å². The van der Waals surface area contributed by atoms with E-state index in [2.05, 4.69) is 0 Å². The van der Waals surface area contributed by atoms with Crippen LogP contribution in [0.2, 0.25) is 0 Å². The number of carbonyl (C=O) groups excluding carboxylic acids is 2. The second-order valence-corrected chi connectivity index (χ2v) is 5.92. The minimum Gasteiger partial charge on any atom is -0.412 e. The van der Waals surface area contributed by atoms with Crippen molar-refractivity contribution in [2.45, 2.75) is 44.4 Å². The lowest BCUT2D eigenvalue weighted by Crippen LogP contribution is -2.33. The molecule has 4 nitrogen and oxygen atoms in total. The van der Waals surface area contributed by atoms with Gasteiger partial charge in [-0.3, -0.25) is 9.59 Å². The molecule has 2 N–H and O–H groups in total. The van der Waals surface area contributed by atoms with Crippen LogP contribution in [0.15, 0.2) is 18.2 Å². The maximum absolute atomic E-state index is 12.4. The van der Waals surface area contributed by atoms with Crippen LogP contribution in [0.4, 0.5) is 0 Å². The van der Waals surface area contributed by atoms with E-state index in [0.717, 1.165) is 24.0 Å². The zero-order valence-corrected chi connectivity index (χ0v) is 11.6. The van der Waals surface area contributed by atoms with Crippen LogP contribution in [0.3, 0.4) is 0 Å². The maximum atomic E-state index is 12.4. The first kappa shape index (κ1) is 13.3. The Morgan fingerprint density at radius 3 is 2.55 bits per heavy atom. The Labute approximate surface area is 118 Å². The van der Waals surface area contributed by atoms with E-state index < -0.39 is 5.92 Å². The van der Waals surface area contributed by atoms with Crippen molar-refractivity contribution >= 4 is 11.6 Å². The summed E-state index contributed by atoms with van der Waals surface area (Å²) in [5.41, 5.74) is 1.93. The van der Waals surface area contributed by atoms with Crippen molar-refractivity contribution in [3.8, 4) is 5.75 Å². The van der Waals surface area contributed by atoms with Crippen molar-refractivity contribution in [1.82, 2.24) is 0 Å². The molecule has 3 rings (SSSR count). The summed E-state index contributed by atoms with van der Waals surface area (Å²) in [4.78, 5) is 29.5. The Balaban J connectivity index is 2.06. The summed E-state index contributed by atoms with van der Waals surface area (Å²) in [6.45, 7) is 1.90. The average Bonchev–Trinajstić information content (AvgIpc) is 3.28. The molecule has 20 heavy (non-hydrogen) atoms. The van der Waals surface area contributed by atoms with Gasteiger partial charge in [-0.2, -0.15) is 5.90 Å². The van der Waals surface area contributed by atoms with E-state index in [0.29, 0.717) is 24.5 Å². The lowest BCUT2D eigenvalue weighted by Gasteiger charge is -2.26. The van der Waals surface area contributed by atoms with Crippen molar-refractivity contribution < 1.29 is 14.4 Å². The van der Waals surface area contributed by atoms with E-state index in [1.807, 2.05) is 13.0 Å². The standard InChI is InChI=1S/C16H19NO3/c1-9-2-7-14(18)15(16(9)19)13-8-11(20-17)5-6-12(13)10-3-4-10/h5-6,8-10,15H,2-4,7,17H2,1H3. The van der Waals surface area contributed by atoms with Crippen LogP contribution in [-0.2, 0) is 9.59 Å². The highest BCUT2D eigenvalue weighted by atomic mass is 16.6. The monoisotopic (exact) mass is 273 g/mol. The minimum absolute atomic E-state index is 0.0316. The molecule has 0 saturated heterocycles. The topological polar surface area (TPSA) is 69.4 Å². The largest absolute Gasteiger partial charge is 0.412 e. The molecule has 0 aliphatic heterocycles. The van der Waals surface area contributed by atoms with E-state index in [1.165, 1.54) is 0 Å². The van der Waals surface area contributed by atoms with E-state index in [-0.39, 0.29) is 17.5 Å². The van der Waals surface area contributed by atoms with E-state index in [1.54, 1.807) is 12.1 Å². The predicted molar refractivity (Wildman–Crippen MR) is 74.4 cm³/mol. The zero-order valence-electron chi connectivity index (χ0n) is 11.6. The molecule has 0 amide bonds. The molecule has 4 heteroatoms. The first-order valence-electron chi connectivity index (χ1n) is 7.19. The van der Waals surface area contributed by atoms with E-state index in [9.17, 15) is 9.59 Å². The quantitative estimate of drug-likeness (QED) is 0.678. The number of hydrogen-bond donors (Lipinski definition) is 1. The number of hydrogen-bond acceptors (Lipinski definition) is 4. The molecular formula is C16H19NO3. The molecule has 0 heterocycles. The third kappa shape index (κ3) is 2.24. The minimum atomic E-state index is -0.621. The van der Waals surface area contributed by atoms with Crippen LogP contribution in [0.5, 0.6) is 5.75 Å². The molecule has 2 aliphatic rings. The summed E-state index contributed by atoms with van der Waals surface area (Å²) in [5.74, 6) is 5.60. The second-order valence-electron chi connectivity index (χ2n) is 5.92. The lowest BCUT2D eigenvalue weighted by molar-refractivity contribution is -0.134. The summed E-state index contributed by atoms with van der Waals surface area (Å²) in [5, 5.41) is 0. The number of carbonyl (C=O) groups is 2. The van der Waals surface area contributed by atoms with Crippen LogP contribution < -0.4 is 10.7 Å². The first-order valence-corrected chi connectivity index (χ1v) is 7.19. The molecule has 0 bridgehead atoms. The molecule has 2 aliphatic carbocycles. The van der Waals surface area contributed by atoms with Gasteiger partial charge in [-0.1, -0.05) is 13.0 Å². The number of Topliss-reactive ketones (excluding diaryl/α,β-unsaturated/α-hetero) is 2. The van der Waals surface area contributed by atoms with Gasteiger partial charge < -0.3 is 4.84 Å². The molecule has 2 atom stereocenters. The molecular weight excluding hydrogens is 254 g/mol. The van der Waals surface area contributed by atoms with E-state index in [4.69, 9.17) is 10.7 Å². The smallest absolute Gasteiger partial charge is 0.150 e. The Kier molecular flexibility index (Phi) is 3.34. The van der Waals surface area contributed by atoms with Gasteiger partial charge in [0, 0.05) is 12.3 Å². The van der Waals surface area contributed by atoms with Crippen LogP contribution in [0, 0.1) is 5.92 Å². The number of nitrogens with two attached hydrogens (primary N) is 1. The van der Waals surface area contributed by atoms with E-state index >= 15 is 0 Å². The lowest BCUT2D eigenvalue weighted by atomic mass is 9.75. The Hall–Kier alpha value is -1.68. The molecule has 1 aromatic carbocycles. The van der Waals surface area contributed by atoms with Crippen molar-refractivity contribution in [2.24, 2.45) is 11.8 Å². The van der Waals surface area contributed by atoms with Gasteiger partial charge in [0.15, 0.2) is 5.78 Å². The summed E-state index contributed by atoms with van der Waals surface area (Å²) < 4.78 is 0. The molecule has 1 aromatic rings. The van der Waals surface area contributed by atoms with Crippen molar-refractivity contribution in [1.29, 1.82) is 0 Å². The van der Waals surface area contributed by atoms with Gasteiger partial charge in [-0.15, -0.1) is 0 Å². The van der Waals surface area contributed by atoms with Crippen LogP contribution in [0.1, 0.15) is 55.6 Å². The number of ketones is 2. The van der Waals surface area contributed by atoms with Crippen molar-refractivity contribution in [3.05, 3.63) is 29.3 Å². The van der Waals surface area contributed by atoms with Crippen molar-refractivity contribution in [3.63, 3.8) is 0 Å². The van der Waals surface area contributed by atoms with Gasteiger partial charge in [0.05, 0.1) is 0 Å². The third-order valence-corrected chi connectivity index (χ3v) is 4.44. The fourth-order valence-corrected chi connectivity index (χ4v) is 3.06. The highest BCUT2D eigenvalue weighted by Crippen LogP contribution is 2.45. The molecule has 2 unspecified atom stereocenters. The highest BCUT2D eigenvalue weighted by molar-refractivity contribution is 6.10. The zero-order chi connectivity index (χ0) is 14.3. The highest BCUT2D eigenvalue weighted by Gasteiger charge is 2.39. The number of benzene rings is 1. The van der Waals surface area contributed by atoms with Gasteiger partial charge in [-0.05, 0) is 48.4 Å². The second kappa shape index (κ2) is 5.02. The third-order valence-electron chi connectivity index (χ3n) is 4.44. The van der Waals surface area contributed by atoms with Gasteiger partial charge in [0.25, 0.3) is 0 Å². The normalized spacial score (nSPS) is 26.7. The summed E-state index contributed by atoms with van der Waals surface area (Å²) in [7, 11) is 0. The molecule has 106 valence electrons. The molecule has 0 spiro atoms. The van der Waals surface area contributed by atoms with Gasteiger partial charge in [-0.25, -0.2) is 0 Å². The molecule has 0 aromatic heterocycles. The first-order chi connectivity index (χ1) is 9.61. The SMILES string of the molecule is CC1CCC(=O)C(c2cc(ON)ccc2C2CC2)C1=O. The Morgan fingerprint density at radius 1 is 1.15 bits per heavy atom. The number of rotatable bonds is 3. The van der Waals surface area contributed by atoms with Crippen LogP contribution in [-0.4, -0.2) is 11.6 Å².